The SMILES string of the molecule is O=C(OCc1ccccc1)C1CCc2ccnn21. The van der Waals surface area contributed by atoms with Crippen LogP contribution in [0.5, 0.6) is 0 Å². The van der Waals surface area contributed by atoms with Crippen LogP contribution in [0.15, 0.2) is 42.6 Å². The number of rotatable bonds is 3. The molecular weight excluding hydrogens is 228 g/mol. The molecule has 1 atom stereocenters. The van der Waals surface area contributed by atoms with Crippen molar-refractivity contribution in [2.45, 2.75) is 25.5 Å². The summed E-state index contributed by atoms with van der Waals surface area (Å²) in [5, 5.41) is 4.17. The summed E-state index contributed by atoms with van der Waals surface area (Å²) < 4.78 is 7.11. The minimum Gasteiger partial charge on any atom is -0.459 e. The molecule has 0 bridgehead atoms. The topological polar surface area (TPSA) is 44.1 Å². The summed E-state index contributed by atoms with van der Waals surface area (Å²) in [4.78, 5) is 12.0. The first-order valence-electron chi connectivity index (χ1n) is 6.07. The molecule has 0 fully saturated rings. The third-order valence-corrected chi connectivity index (χ3v) is 3.22. The molecule has 2 aromatic rings. The second-order valence-electron chi connectivity index (χ2n) is 4.41. The third-order valence-electron chi connectivity index (χ3n) is 3.22. The van der Waals surface area contributed by atoms with Gasteiger partial charge in [-0.05, 0) is 24.5 Å². The molecule has 0 saturated heterocycles. The van der Waals surface area contributed by atoms with Crippen LogP contribution in [0.2, 0.25) is 0 Å². The quantitative estimate of drug-likeness (QED) is 0.774. The summed E-state index contributed by atoms with van der Waals surface area (Å²) in [6.07, 6.45) is 3.41. The molecule has 3 rings (SSSR count). The molecule has 18 heavy (non-hydrogen) atoms. The predicted molar refractivity (Wildman–Crippen MR) is 65.8 cm³/mol. The van der Waals surface area contributed by atoms with Crippen LogP contribution in [0.4, 0.5) is 0 Å². The maximum atomic E-state index is 12.0. The van der Waals surface area contributed by atoms with Gasteiger partial charge in [-0.3, -0.25) is 4.68 Å². The number of hydrogen-bond donors (Lipinski definition) is 0. The largest absolute Gasteiger partial charge is 0.459 e. The first-order valence-corrected chi connectivity index (χ1v) is 6.07. The number of esters is 1. The molecule has 1 unspecified atom stereocenters. The normalized spacial score (nSPS) is 17.4. The number of nitrogens with zero attached hydrogens (tertiary/aromatic N) is 2. The average molecular weight is 242 g/mol. The van der Waals surface area contributed by atoms with Crippen molar-refractivity contribution in [2.24, 2.45) is 0 Å². The van der Waals surface area contributed by atoms with Gasteiger partial charge in [0.05, 0.1) is 0 Å². The van der Waals surface area contributed by atoms with Crippen LogP contribution in [0.1, 0.15) is 23.7 Å². The van der Waals surface area contributed by atoms with Crippen molar-refractivity contribution in [2.75, 3.05) is 0 Å². The van der Waals surface area contributed by atoms with Gasteiger partial charge >= 0.3 is 5.97 Å². The Morgan fingerprint density at radius 3 is 3.00 bits per heavy atom. The van der Waals surface area contributed by atoms with Gasteiger partial charge in [-0.25, -0.2) is 4.79 Å². The van der Waals surface area contributed by atoms with Crippen LogP contribution in [-0.4, -0.2) is 15.7 Å². The van der Waals surface area contributed by atoms with Crippen LogP contribution in [0.3, 0.4) is 0 Å². The molecule has 1 aromatic carbocycles. The van der Waals surface area contributed by atoms with Crippen molar-refractivity contribution < 1.29 is 9.53 Å². The molecule has 0 saturated carbocycles. The number of carbonyl (C=O) groups is 1. The van der Waals surface area contributed by atoms with Crippen molar-refractivity contribution in [3.8, 4) is 0 Å². The third kappa shape index (κ3) is 2.01. The Morgan fingerprint density at radius 2 is 2.17 bits per heavy atom. The van der Waals surface area contributed by atoms with E-state index in [0.29, 0.717) is 6.61 Å². The fourth-order valence-electron chi connectivity index (χ4n) is 2.27. The van der Waals surface area contributed by atoms with Crippen molar-refractivity contribution in [3.05, 3.63) is 53.9 Å². The van der Waals surface area contributed by atoms with E-state index in [1.807, 2.05) is 36.4 Å². The first kappa shape index (κ1) is 11.0. The van der Waals surface area contributed by atoms with E-state index in [1.165, 1.54) is 0 Å². The van der Waals surface area contributed by atoms with E-state index >= 15 is 0 Å². The molecular formula is C14H14N2O2. The van der Waals surface area contributed by atoms with Crippen molar-refractivity contribution in [3.63, 3.8) is 0 Å². The van der Waals surface area contributed by atoms with Crippen molar-refractivity contribution in [1.82, 2.24) is 9.78 Å². The smallest absolute Gasteiger partial charge is 0.331 e. The fourth-order valence-corrected chi connectivity index (χ4v) is 2.27. The van der Waals surface area contributed by atoms with E-state index in [2.05, 4.69) is 5.10 Å². The molecule has 4 nitrogen and oxygen atoms in total. The summed E-state index contributed by atoms with van der Waals surface area (Å²) in [6, 6.07) is 11.4. The molecule has 0 aliphatic carbocycles. The summed E-state index contributed by atoms with van der Waals surface area (Å²) in [5.41, 5.74) is 2.11. The molecule has 0 amide bonds. The molecule has 1 aliphatic rings. The number of benzene rings is 1. The number of aryl methyl sites for hydroxylation is 1. The lowest BCUT2D eigenvalue weighted by atomic mass is 10.2. The van der Waals surface area contributed by atoms with E-state index in [-0.39, 0.29) is 12.0 Å². The van der Waals surface area contributed by atoms with Gasteiger partial charge < -0.3 is 4.74 Å². The Morgan fingerprint density at radius 1 is 1.33 bits per heavy atom. The molecule has 0 radical (unpaired) electrons. The van der Waals surface area contributed by atoms with Gasteiger partial charge in [0.25, 0.3) is 0 Å². The van der Waals surface area contributed by atoms with E-state index in [0.717, 1.165) is 24.1 Å². The molecule has 92 valence electrons. The Labute approximate surface area is 105 Å². The van der Waals surface area contributed by atoms with Crippen molar-refractivity contribution >= 4 is 5.97 Å². The van der Waals surface area contributed by atoms with E-state index in [1.54, 1.807) is 10.9 Å². The lowest BCUT2D eigenvalue weighted by molar-refractivity contribution is -0.149. The molecule has 1 aromatic heterocycles. The lowest BCUT2D eigenvalue weighted by Crippen LogP contribution is -2.19. The van der Waals surface area contributed by atoms with Gasteiger partial charge in [0, 0.05) is 11.9 Å². The monoisotopic (exact) mass is 242 g/mol. The standard InChI is InChI=1S/C14H14N2O2/c17-14(18-10-11-4-2-1-3-5-11)13-7-6-12-8-9-15-16(12)13/h1-5,8-9,13H,6-7,10H2. The lowest BCUT2D eigenvalue weighted by Gasteiger charge is -2.11. The second-order valence-corrected chi connectivity index (χ2v) is 4.41. The van der Waals surface area contributed by atoms with Crippen LogP contribution < -0.4 is 0 Å². The molecule has 0 spiro atoms. The van der Waals surface area contributed by atoms with Gasteiger partial charge in [-0.1, -0.05) is 30.3 Å². The number of aromatic nitrogens is 2. The molecule has 4 heteroatoms. The van der Waals surface area contributed by atoms with Crippen LogP contribution in [0.25, 0.3) is 0 Å². The minimum atomic E-state index is -0.251. The molecule has 0 N–H and O–H groups in total. The van der Waals surface area contributed by atoms with Gasteiger partial charge in [0.15, 0.2) is 0 Å². The highest BCUT2D eigenvalue weighted by Crippen LogP contribution is 2.25. The van der Waals surface area contributed by atoms with Gasteiger partial charge in [-0.2, -0.15) is 5.10 Å². The van der Waals surface area contributed by atoms with Gasteiger partial charge in [0.2, 0.25) is 0 Å². The predicted octanol–water partition coefficient (Wildman–Crippen LogP) is 2.11. The van der Waals surface area contributed by atoms with E-state index in [9.17, 15) is 4.79 Å². The Bertz CT molecular complexity index is 548. The summed E-state index contributed by atoms with van der Waals surface area (Å²) in [6.45, 7) is 0.326. The number of hydrogen-bond acceptors (Lipinski definition) is 3. The molecule has 1 aliphatic heterocycles. The van der Waals surface area contributed by atoms with Crippen molar-refractivity contribution in [1.29, 1.82) is 0 Å². The zero-order chi connectivity index (χ0) is 12.4. The first-order chi connectivity index (χ1) is 8.84. The van der Waals surface area contributed by atoms with Gasteiger partial charge in [-0.15, -0.1) is 0 Å². The number of fused-ring (bicyclic) bond motifs is 1. The highest BCUT2D eigenvalue weighted by molar-refractivity contribution is 5.74. The van der Waals surface area contributed by atoms with Crippen LogP contribution in [0, 0.1) is 0 Å². The Kier molecular flexibility index (Phi) is 2.84. The average Bonchev–Trinajstić information content (AvgIpc) is 2.99. The summed E-state index contributed by atoms with van der Waals surface area (Å²) >= 11 is 0. The maximum absolute atomic E-state index is 12.0. The van der Waals surface area contributed by atoms with Crippen LogP contribution in [-0.2, 0) is 22.6 Å². The Balaban J connectivity index is 1.63. The summed E-state index contributed by atoms with van der Waals surface area (Å²) in [7, 11) is 0. The maximum Gasteiger partial charge on any atom is 0.331 e. The van der Waals surface area contributed by atoms with E-state index < -0.39 is 0 Å². The number of carbonyl (C=O) groups excluding carboxylic acids is 1. The number of ether oxygens (including phenoxy) is 1. The Hall–Kier alpha value is -2.10. The highest BCUT2D eigenvalue weighted by atomic mass is 16.5. The zero-order valence-corrected chi connectivity index (χ0v) is 9.95. The summed E-state index contributed by atoms with van der Waals surface area (Å²) in [5.74, 6) is -0.193. The minimum absolute atomic E-state index is 0.193. The van der Waals surface area contributed by atoms with Gasteiger partial charge in [0.1, 0.15) is 12.6 Å². The van der Waals surface area contributed by atoms with E-state index in [4.69, 9.17) is 4.74 Å². The zero-order valence-electron chi connectivity index (χ0n) is 9.95. The fraction of sp³-hybridized carbons (Fsp3) is 0.286. The molecule has 2 heterocycles. The second kappa shape index (κ2) is 4.64. The highest BCUT2D eigenvalue weighted by Gasteiger charge is 2.29. The van der Waals surface area contributed by atoms with Crippen LogP contribution >= 0.6 is 0 Å².